The maximum Gasteiger partial charge on any atom is 0.236 e. The molecule has 6 heteroatoms. The maximum atomic E-state index is 12.3. The molecule has 0 amide bonds. The minimum Gasteiger partial charge on any atom is -0.340 e. The van der Waals surface area contributed by atoms with Gasteiger partial charge in [0.25, 0.3) is 0 Å². The van der Waals surface area contributed by atoms with Crippen molar-refractivity contribution in [1.29, 1.82) is 0 Å². The van der Waals surface area contributed by atoms with E-state index in [0.717, 1.165) is 16.8 Å². The summed E-state index contributed by atoms with van der Waals surface area (Å²) in [5, 5.41) is 3.15. The molecule has 0 saturated carbocycles. The van der Waals surface area contributed by atoms with Crippen molar-refractivity contribution in [2.75, 3.05) is 10.0 Å². The second-order valence-electron chi connectivity index (χ2n) is 5.77. The van der Waals surface area contributed by atoms with Crippen molar-refractivity contribution in [3.05, 3.63) is 84.1 Å². The molecular formula is C19H19N3O2S. The normalized spacial score (nSPS) is 11.1. The molecule has 25 heavy (non-hydrogen) atoms. The summed E-state index contributed by atoms with van der Waals surface area (Å²) in [6.45, 7) is 1.94. The molecule has 0 aliphatic heterocycles. The smallest absolute Gasteiger partial charge is 0.236 e. The van der Waals surface area contributed by atoms with Crippen LogP contribution >= 0.6 is 0 Å². The predicted octanol–water partition coefficient (Wildman–Crippen LogP) is 4.08. The number of rotatable bonds is 6. The van der Waals surface area contributed by atoms with Crippen LogP contribution in [0.5, 0.6) is 0 Å². The Morgan fingerprint density at radius 3 is 2.40 bits per heavy atom. The van der Waals surface area contributed by atoms with Gasteiger partial charge in [-0.2, -0.15) is 0 Å². The van der Waals surface area contributed by atoms with E-state index < -0.39 is 10.0 Å². The number of nitrogens with one attached hydrogen (secondary N) is 2. The lowest BCUT2D eigenvalue weighted by molar-refractivity contribution is 0.600. The number of pyridine rings is 1. The van der Waals surface area contributed by atoms with Crippen molar-refractivity contribution < 1.29 is 8.42 Å². The SMILES string of the molecule is Cc1cccc(CS(=O)(=O)Nc2ccc(Nc3ccccc3)nc2)c1. The molecule has 128 valence electrons. The van der Waals surface area contributed by atoms with Gasteiger partial charge >= 0.3 is 0 Å². The second kappa shape index (κ2) is 7.36. The topological polar surface area (TPSA) is 71.1 Å². The third-order valence-corrected chi connectivity index (χ3v) is 4.78. The molecule has 0 saturated heterocycles. The summed E-state index contributed by atoms with van der Waals surface area (Å²) in [6, 6.07) is 20.5. The first kappa shape index (κ1) is 17.0. The van der Waals surface area contributed by atoms with Gasteiger partial charge in [0.2, 0.25) is 10.0 Å². The van der Waals surface area contributed by atoms with E-state index in [9.17, 15) is 8.42 Å². The first-order valence-corrected chi connectivity index (χ1v) is 9.50. The van der Waals surface area contributed by atoms with Gasteiger partial charge in [0.05, 0.1) is 17.6 Å². The minimum atomic E-state index is -3.49. The van der Waals surface area contributed by atoms with E-state index in [-0.39, 0.29) is 5.75 Å². The van der Waals surface area contributed by atoms with Gasteiger partial charge in [0, 0.05) is 5.69 Å². The van der Waals surface area contributed by atoms with E-state index in [2.05, 4.69) is 15.0 Å². The lowest BCUT2D eigenvalue weighted by Crippen LogP contribution is -2.15. The highest BCUT2D eigenvalue weighted by molar-refractivity contribution is 7.91. The van der Waals surface area contributed by atoms with Crippen LogP contribution in [0, 0.1) is 6.92 Å². The average molecular weight is 353 g/mol. The fraction of sp³-hybridized carbons (Fsp3) is 0.105. The van der Waals surface area contributed by atoms with Crippen LogP contribution in [0.4, 0.5) is 17.2 Å². The number of para-hydroxylation sites is 1. The Labute approximate surface area is 147 Å². The molecule has 1 aromatic heterocycles. The molecule has 5 nitrogen and oxygen atoms in total. The summed E-state index contributed by atoms with van der Waals surface area (Å²) >= 11 is 0. The summed E-state index contributed by atoms with van der Waals surface area (Å²) in [4.78, 5) is 4.24. The van der Waals surface area contributed by atoms with Gasteiger partial charge in [-0.15, -0.1) is 0 Å². The highest BCUT2D eigenvalue weighted by atomic mass is 32.2. The van der Waals surface area contributed by atoms with Crippen LogP contribution in [0.2, 0.25) is 0 Å². The van der Waals surface area contributed by atoms with Gasteiger partial charge < -0.3 is 5.32 Å². The number of aryl methyl sites for hydroxylation is 1. The van der Waals surface area contributed by atoms with E-state index in [1.165, 1.54) is 6.20 Å². The molecule has 0 unspecified atom stereocenters. The van der Waals surface area contributed by atoms with Crippen molar-refractivity contribution >= 4 is 27.2 Å². The van der Waals surface area contributed by atoms with Gasteiger partial charge in [-0.1, -0.05) is 48.0 Å². The number of aromatic nitrogens is 1. The number of anilines is 3. The predicted molar refractivity (Wildman–Crippen MR) is 101 cm³/mol. The number of benzene rings is 2. The molecule has 3 aromatic rings. The summed E-state index contributed by atoms with van der Waals surface area (Å²) < 4.78 is 27.2. The van der Waals surface area contributed by atoms with E-state index in [4.69, 9.17) is 0 Å². The average Bonchev–Trinajstić information content (AvgIpc) is 2.57. The van der Waals surface area contributed by atoms with Gasteiger partial charge in [0.1, 0.15) is 5.82 Å². The Bertz CT molecular complexity index is 940. The minimum absolute atomic E-state index is 0.0707. The highest BCUT2D eigenvalue weighted by Crippen LogP contribution is 2.17. The van der Waals surface area contributed by atoms with Crippen molar-refractivity contribution in [1.82, 2.24) is 4.98 Å². The Hall–Kier alpha value is -2.86. The van der Waals surface area contributed by atoms with Gasteiger partial charge in [0.15, 0.2) is 0 Å². The van der Waals surface area contributed by atoms with E-state index in [1.54, 1.807) is 18.2 Å². The maximum absolute atomic E-state index is 12.3. The Kier molecular flexibility index (Phi) is 5.00. The third-order valence-electron chi connectivity index (χ3n) is 3.52. The number of hydrogen-bond donors (Lipinski definition) is 2. The van der Waals surface area contributed by atoms with Gasteiger partial charge in [-0.25, -0.2) is 13.4 Å². The summed E-state index contributed by atoms with van der Waals surface area (Å²) in [6.07, 6.45) is 1.50. The van der Waals surface area contributed by atoms with E-state index in [1.807, 2.05) is 55.5 Å². The van der Waals surface area contributed by atoms with Crippen LogP contribution in [0.1, 0.15) is 11.1 Å². The largest absolute Gasteiger partial charge is 0.340 e. The fourth-order valence-corrected chi connectivity index (χ4v) is 3.60. The molecule has 0 atom stereocenters. The molecule has 0 aliphatic rings. The molecule has 0 fully saturated rings. The standard InChI is InChI=1S/C19H19N3O2S/c1-15-6-5-7-16(12-15)14-25(23,24)22-18-10-11-19(20-13-18)21-17-8-3-2-4-9-17/h2-13,22H,14H2,1H3,(H,20,21). The molecule has 0 spiro atoms. The van der Waals surface area contributed by atoms with Crippen LogP contribution in [0.25, 0.3) is 0 Å². The van der Waals surface area contributed by atoms with Crippen molar-refractivity contribution in [2.45, 2.75) is 12.7 Å². The number of nitrogens with zero attached hydrogens (tertiary/aromatic N) is 1. The lowest BCUT2D eigenvalue weighted by atomic mass is 10.2. The molecule has 0 radical (unpaired) electrons. The molecule has 1 heterocycles. The van der Waals surface area contributed by atoms with Gasteiger partial charge in [-0.3, -0.25) is 4.72 Å². The second-order valence-corrected chi connectivity index (χ2v) is 7.50. The summed E-state index contributed by atoms with van der Waals surface area (Å²) in [7, 11) is -3.49. The molecule has 2 N–H and O–H groups in total. The summed E-state index contributed by atoms with van der Waals surface area (Å²) in [5.41, 5.74) is 3.14. The summed E-state index contributed by atoms with van der Waals surface area (Å²) in [5.74, 6) is 0.575. The number of sulfonamides is 1. The third kappa shape index (κ3) is 5.06. The van der Waals surface area contributed by atoms with Crippen molar-refractivity contribution in [3.63, 3.8) is 0 Å². The zero-order valence-corrected chi connectivity index (χ0v) is 14.6. The molecule has 2 aromatic carbocycles. The van der Waals surface area contributed by atoms with Crippen LogP contribution in [-0.2, 0) is 15.8 Å². The van der Waals surface area contributed by atoms with Gasteiger partial charge in [-0.05, 0) is 36.8 Å². The first-order valence-electron chi connectivity index (χ1n) is 7.84. The lowest BCUT2D eigenvalue weighted by Gasteiger charge is -2.10. The van der Waals surface area contributed by atoms with E-state index in [0.29, 0.717) is 11.5 Å². The quantitative estimate of drug-likeness (QED) is 0.700. The van der Waals surface area contributed by atoms with Crippen LogP contribution < -0.4 is 10.0 Å². The van der Waals surface area contributed by atoms with Crippen molar-refractivity contribution in [2.24, 2.45) is 0 Å². The van der Waals surface area contributed by atoms with Crippen molar-refractivity contribution in [3.8, 4) is 0 Å². The molecule has 0 aliphatic carbocycles. The van der Waals surface area contributed by atoms with Crippen LogP contribution in [0.15, 0.2) is 72.9 Å². The highest BCUT2D eigenvalue weighted by Gasteiger charge is 2.12. The monoisotopic (exact) mass is 353 g/mol. The Balaban J connectivity index is 1.66. The zero-order valence-electron chi connectivity index (χ0n) is 13.8. The molecule has 3 rings (SSSR count). The first-order chi connectivity index (χ1) is 12.0. The Morgan fingerprint density at radius 1 is 0.920 bits per heavy atom. The number of hydrogen-bond acceptors (Lipinski definition) is 4. The molecule has 0 bridgehead atoms. The zero-order chi connectivity index (χ0) is 17.7. The van der Waals surface area contributed by atoms with E-state index >= 15 is 0 Å². The molecular weight excluding hydrogens is 334 g/mol. The van der Waals surface area contributed by atoms with Crippen LogP contribution in [-0.4, -0.2) is 13.4 Å². The Morgan fingerprint density at radius 2 is 1.72 bits per heavy atom. The van der Waals surface area contributed by atoms with Crippen LogP contribution in [0.3, 0.4) is 0 Å². The fourth-order valence-electron chi connectivity index (χ4n) is 2.43.